The van der Waals surface area contributed by atoms with E-state index >= 15 is 0 Å². The van der Waals surface area contributed by atoms with E-state index in [4.69, 9.17) is 4.74 Å². The van der Waals surface area contributed by atoms with E-state index in [0.29, 0.717) is 12.2 Å². The highest BCUT2D eigenvalue weighted by Crippen LogP contribution is 2.22. The van der Waals surface area contributed by atoms with Crippen LogP contribution in [0.5, 0.6) is 5.75 Å². The van der Waals surface area contributed by atoms with Crippen molar-refractivity contribution in [3.05, 3.63) is 65.0 Å². The molecule has 1 aromatic heterocycles. The fraction of sp³-hybridized carbons (Fsp3) is 0.263. The number of nitrogens with one attached hydrogen (secondary N) is 2. The van der Waals surface area contributed by atoms with Crippen LogP contribution in [-0.4, -0.2) is 33.6 Å². The second kappa shape index (κ2) is 7.77. The van der Waals surface area contributed by atoms with Crippen LogP contribution in [0.1, 0.15) is 28.4 Å². The second-order valence-electron chi connectivity index (χ2n) is 6.24. The van der Waals surface area contributed by atoms with Crippen LogP contribution < -0.4 is 10.1 Å². The SMILES string of the molecule is COc1ccc(C[C@H](C(=O)Nc2cc(C)cc(C)c2)c2nn[nH]n2)cc1. The second-order valence-corrected chi connectivity index (χ2v) is 6.24. The van der Waals surface area contributed by atoms with Gasteiger partial charge in [-0.3, -0.25) is 4.79 Å². The first-order valence-electron chi connectivity index (χ1n) is 8.30. The van der Waals surface area contributed by atoms with Crippen LogP contribution in [0.2, 0.25) is 0 Å². The summed E-state index contributed by atoms with van der Waals surface area (Å²) in [6.07, 6.45) is 0.458. The molecule has 0 radical (unpaired) electrons. The number of ether oxygens (including phenoxy) is 1. The van der Waals surface area contributed by atoms with Gasteiger partial charge in [-0.2, -0.15) is 5.21 Å². The highest BCUT2D eigenvalue weighted by molar-refractivity contribution is 5.95. The molecule has 0 bridgehead atoms. The lowest BCUT2D eigenvalue weighted by Crippen LogP contribution is -2.24. The van der Waals surface area contributed by atoms with Crippen LogP contribution in [-0.2, 0) is 11.2 Å². The smallest absolute Gasteiger partial charge is 0.235 e. The lowest BCUT2D eigenvalue weighted by atomic mass is 9.97. The van der Waals surface area contributed by atoms with E-state index < -0.39 is 5.92 Å². The highest BCUT2D eigenvalue weighted by Gasteiger charge is 2.25. The minimum Gasteiger partial charge on any atom is -0.497 e. The number of aromatic nitrogens is 4. The van der Waals surface area contributed by atoms with Gasteiger partial charge in [0.25, 0.3) is 0 Å². The summed E-state index contributed by atoms with van der Waals surface area (Å²) in [6, 6.07) is 13.5. The van der Waals surface area contributed by atoms with E-state index in [-0.39, 0.29) is 5.91 Å². The van der Waals surface area contributed by atoms with Gasteiger partial charge in [-0.05, 0) is 61.2 Å². The van der Waals surface area contributed by atoms with Crippen LogP contribution in [0.3, 0.4) is 0 Å². The molecular weight excluding hydrogens is 330 g/mol. The Morgan fingerprint density at radius 1 is 1.15 bits per heavy atom. The van der Waals surface area contributed by atoms with Crippen molar-refractivity contribution in [1.29, 1.82) is 0 Å². The van der Waals surface area contributed by atoms with Gasteiger partial charge >= 0.3 is 0 Å². The molecule has 134 valence electrons. The largest absolute Gasteiger partial charge is 0.497 e. The summed E-state index contributed by atoms with van der Waals surface area (Å²) in [7, 11) is 1.62. The number of carbonyl (C=O) groups is 1. The average molecular weight is 351 g/mol. The fourth-order valence-electron chi connectivity index (χ4n) is 2.89. The minimum atomic E-state index is -0.553. The van der Waals surface area contributed by atoms with Crippen molar-refractivity contribution in [2.75, 3.05) is 12.4 Å². The average Bonchev–Trinajstić information content (AvgIpc) is 3.13. The zero-order valence-corrected chi connectivity index (χ0v) is 15.0. The van der Waals surface area contributed by atoms with Gasteiger partial charge in [-0.25, -0.2) is 0 Å². The zero-order valence-electron chi connectivity index (χ0n) is 15.0. The standard InChI is InChI=1S/C19H21N5O2/c1-12-8-13(2)10-15(9-12)20-19(25)17(18-21-23-24-22-18)11-14-4-6-16(26-3)7-5-14/h4-10,17H,11H2,1-3H3,(H,20,25)(H,21,22,23,24)/t17-/m0/s1. The van der Waals surface area contributed by atoms with Crippen LogP contribution in [0.25, 0.3) is 0 Å². The number of aryl methyl sites for hydroxylation is 2. The monoisotopic (exact) mass is 351 g/mol. The maximum atomic E-state index is 12.9. The molecule has 0 fully saturated rings. The van der Waals surface area contributed by atoms with Gasteiger partial charge in [0, 0.05) is 5.69 Å². The summed E-state index contributed by atoms with van der Waals surface area (Å²) in [4.78, 5) is 12.9. The molecule has 0 spiro atoms. The number of rotatable bonds is 6. The molecule has 1 amide bonds. The normalized spacial score (nSPS) is 11.8. The first kappa shape index (κ1) is 17.6. The van der Waals surface area contributed by atoms with Crippen LogP contribution in [0.4, 0.5) is 5.69 Å². The van der Waals surface area contributed by atoms with E-state index in [1.165, 1.54) is 0 Å². The lowest BCUT2D eigenvalue weighted by Gasteiger charge is -2.15. The van der Waals surface area contributed by atoms with E-state index in [0.717, 1.165) is 28.1 Å². The Kier molecular flexibility index (Phi) is 5.26. The van der Waals surface area contributed by atoms with Gasteiger partial charge in [0.1, 0.15) is 11.7 Å². The summed E-state index contributed by atoms with van der Waals surface area (Å²) in [5, 5.41) is 17.0. The maximum absolute atomic E-state index is 12.9. The molecular formula is C19H21N5O2. The molecule has 0 aliphatic heterocycles. The van der Waals surface area contributed by atoms with E-state index in [1.807, 2.05) is 50.2 Å². The van der Waals surface area contributed by atoms with Gasteiger partial charge in [-0.15, -0.1) is 10.2 Å². The van der Waals surface area contributed by atoms with Crippen molar-refractivity contribution in [2.24, 2.45) is 0 Å². The molecule has 0 aliphatic carbocycles. The predicted molar refractivity (Wildman–Crippen MR) is 98.2 cm³/mol. The summed E-state index contributed by atoms with van der Waals surface area (Å²) in [5.41, 5.74) is 3.92. The third-order valence-corrected chi connectivity index (χ3v) is 4.08. The molecule has 1 heterocycles. The van der Waals surface area contributed by atoms with Gasteiger partial charge in [-0.1, -0.05) is 23.4 Å². The molecule has 2 aromatic carbocycles. The van der Waals surface area contributed by atoms with E-state index in [2.05, 4.69) is 32.0 Å². The molecule has 3 rings (SSSR count). The molecule has 1 atom stereocenters. The first-order chi connectivity index (χ1) is 12.5. The maximum Gasteiger partial charge on any atom is 0.235 e. The molecule has 0 saturated carbocycles. The molecule has 26 heavy (non-hydrogen) atoms. The van der Waals surface area contributed by atoms with E-state index in [9.17, 15) is 4.79 Å². The number of tetrazole rings is 1. The number of aromatic amines is 1. The third kappa shape index (κ3) is 4.24. The third-order valence-electron chi connectivity index (χ3n) is 4.08. The van der Waals surface area contributed by atoms with Gasteiger partial charge < -0.3 is 10.1 Å². The summed E-state index contributed by atoms with van der Waals surface area (Å²) in [6.45, 7) is 3.99. The predicted octanol–water partition coefficient (Wildman–Crippen LogP) is 2.79. The zero-order chi connectivity index (χ0) is 18.5. The van der Waals surface area contributed by atoms with E-state index in [1.54, 1.807) is 7.11 Å². The molecule has 7 nitrogen and oxygen atoms in total. The Morgan fingerprint density at radius 2 is 1.85 bits per heavy atom. The number of H-pyrrole nitrogens is 1. The Morgan fingerprint density at radius 3 is 2.42 bits per heavy atom. The Labute approximate surface area is 151 Å². The quantitative estimate of drug-likeness (QED) is 0.712. The van der Waals surface area contributed by atoms with Gasteiger partial charge in [0.15, 0.2) is 5.82 Å². The number of nitrogens with zero attached hydrogens (tertiary/aromatic N) is 3. The number of carbonyl (C=O) groups excluding carboxylic acids is 1. The molecule has 0 unspecified atom stereocenters. The summed E-state index contributed by atoms with van der Waals surface area (Å²) < 4.78 is 5.18. The number of anilines is 1. The van der Waals surface area contributed by atoms with Crippen molar-refractivity contribution < 1.29 is 9.53 Å². The Bertz CT molecular complexity index is 855. The Hall–Kier alpha value is -3.22. The van der Waals surface area contributed by atoms with Crippen molar-refractivity contribution in [3.8, 4) is 5.75 Å². The molecule has 2 N–H and O–H groups in total. The molecule has 0 saturated heterocycles. The topological polar surface area (TPSA) is 92.8 Å². The fourth-order valence-corrected chi connectivity index (χ4v) is 2.89. The highest BCUT2D eigenvalue weighted by atomic mass is 16.5. The number of hydrogen-bond acceptors (Lipinski definition) is 5. The molecule has 7 heteroatoms. The van der Waals surface area contributed by atoms with Crippen molar-refractivity contribution >= 4 is 11.6 Å². The van der Waals surface area contributed by atoms with Crippen LogP contribution >= 0.6 is 0 Å². The number of benzene rings is 2. The van der Waals surface area contributed by atoms with Crippen molar-refractivity contribution in [2.45, 2.75) is 26.2 Å². The number of amides is 1. The molecule has 0 aliphatic rings. The summed E-state index contributed by atoms with van der Waals surface area (Å²) >= 11 is 0. The molecule has 3 aromatic rings. The lowest BCUT2D eigenvalue weighted by molar-refractivity contribution is -0.117. The summed E-state index contributed by atoms with van der Waals surface area (Å²) in [5.74, 6) is 0.405. The van der Waals surface area contributed by atoms with Gasteiger partial charge in [0.05, 0.1) is 7.11 Å². The van der Waals surface area contributed by atoms with Crippen LogP contribution in [0.15, 0.2) is 42.5 Å². The first-order valence-corrected chi connectivity index (χ1v) is 8.30. The van der Waals surface area contributed by atoms with Gasteiger partial charge in [0.2, 0.25) is 5.91 Å². The van der Waals surface area contributed by atoms with Crippen molar-refractivity contribution in [1.82, 2.24) is 20.6 Å². The number of methoxy groups -OCH3 is 1. The number of hydrogen-bond donors (Lipinski definition) is 2. The minimum absolute atomic E-state index is 0.174. The van der Waals surface area contributed by atoms with Crippen molar-refractivity contribution in [3.63, 3.8) is 0 Å². The Balaban J connectivity index is 1.82. The van der Waals surface area contributed by atoms with Crippen LogP contribution in [0, 0.1) is 13.8 Å².